The van der Waals surface area contributed by atoms with Crippen LogP contribution in [0.4, 0.5) is 5.82 Å². The van der Waals surface area contributed by atoms with Gasteiger partial charge in [0, 0.05) is 41.6 Å². The summed E-state index contributed by atoms with van der Waals surface area (Å²) in [7, 11) is 0.618. The van der Waals surface area contributed by atoms with E-state index in [1.807, 2.05) is 6.92 Å². The smallest absolute Gasteiger partial charge is 0.257 e. The molecule has 1 aromatic heterocycles. The molecule has 0 aliphatic heterocycles. The molecule has 0 spiro atoms. The zero-order valence-corrected chi connectivity index (χ0v) is 19.8. The summed E-state index contributed by atoms with van der Waals surface area (Å²) >= 11 is 6.36. The standard InChI is InChI=1S/C23H24ClN3O5S/c1-3-33(30)18-4-5-20(19(24)13-18)31-16-10-15(22(29)25-21-6-9-27(2)26-21)11-17(12-16)32-23(14-28)7-8-23/h4-6,9-13,28H,3,7-8,14H2,1-2H3,(H,25,26,29). The second-order valence-corrected chi connectivity index (χ2v) is 9.94. The summed E-state index contributed by atoms with van der Waals surface area (Å²) in [6.45, 7) is 1.71. The molecule has 10 heteroatoms. The molecule has 1 unspecified atom stereocenters. The Morgan fingerprint density at radius 1 is 1.24 bits per heavy atom. The number of ether oxygens (including phenoxy) is 2. The molecule has 0 radical (unpaired) electrons. The van der Waals surface area contributed by atoms with Gasteiger partial charge in [-0.05, 0) is 43.2 Å². The van der Waals surface area contributed by atoms with Gasteiger partial charge >= 0.3 is 0 Å². The molecule has 1 saturated carbocycles. The van der Waals surface area contributed by atoms with E-state index >= 15 is 0 Å². The van der Waals surface area contributed by atoms with Crippen molar-refractivity contribution in [3.05, 3.63) is 59.2 Å². The first-order valence-electron chi connectivity index (χ1n) is 10.4. The molecular weight excluding hydrogens is 466 g/mol. The predicted octanol–water partition coefficient (Wildman–Crippen LogP) is 4.15. The van der Waals surface area contributed by atoms with Crippen LogP contribution in [0.2, 0.25) is 5.02 Å². The van der Waals surface area contributed by atoms with E-state index in [4.69, 9.17) is 21.1 Å². The van der Waals surface area contributed by atoms with Crippen LogP contribution in [0.1, 0.15) is 30.1 Å². The quantitative estimate of drug-likeness (QED) is 0.468. The normalized spacial score (nSPS) is 15.0. The number of benzene rings is 2. The Labute approximate surface area is 198 Å². The van der Waals surface area contributed by atoms with Crippen LogP contribution >= 0.6 is 11.6 Å². The van der Waals surface area contributed by atoms with Gasteiger partial charge in [-0.2, -0.15) is 5.10 Å². The largest absolute Gasteiger partial charge is 0.485 e. The first-order chi connectivity index (χ1) is 15.8. The number of carbonyl (C=O) groups excluding carboxylic acids is 1. The third-order valence-electron chi connectivity index (χ3n) is 5.18. The minimum absolute atomic E-state index is 0.116. The van der Waals surface area contributed by atoms with Gasteiger partial charge in [-0.1, -0.05) is 18.5 Å². The monoisotopic (exact) mass is 489 g/mol. The minimum atomic E-state index is -1.14. The van der Waals surface area contributed by atoms with Gasteiger partial charge < -0.3 is 19.9 Å². The number of halogens is 1. The third-order valence-corrected chi connectivity index (χ3v) is 6.78. The number of aliphatic hydroxyl groups is 1. The molecule has 3 aromatic rings. The van der Waals surface area contributed by atoms with Gasteiger partial charge in [0.1, 0.15) is 22.8 Å². The number of nitrogens with one attached hydrogen (secondary N) is 1. The molecule has 2 aromatic carbocycles. The number of aromatic nitrogens is 2. The summed E-state index contributed by atoms with van der Waals surface area (Å²) in [5, 5.41) is 16.8. The summed E-state index contributed by atoms with van der Waals surface area (Å²) in [6.07, 6.45) is 3.18. The molecule has 1 heterocycles. The molecular formula is C23H24ClN3O5S. The number of nitrogens with zero attached hydrogens (tertiary/aromatic N) is 2. The second-order valence-electron chi connectivity index (χ2n) is 7.79. The van der Waals surface area contributed by atoms with Crippen LogP contribution in [0.5, 0.6) is 17.2 Å². The Kier molecular flexibility index (Phi) is 6.73. The number of hydrogen-bond acceptors (Lipinski definition) is 6. The van der Waals surface area contributed by atoms with Crippen LogP contribution in [0.15, 0.2) is 53.6 Å². The molecule has 0 bridgehead atoms. The highest BCUT2D eigenvalue weighted by atomic mass is 35.5. The van der Waals surface area contributed by atoms with E-state index in [0.717, 1.165) is 12.8 Å². The van der Waals surface area contributed by atoms with E-state index in [1.54, 1.807) is 60.4 Å². The molecule has 1 aliphatic rings. The van der Waals surface area contributed by atoms with Crippen LogP contribution in [0, 0.1) is 0 Å². The van der Waals surface area contributed by atoms with Gasteiger partial charge in [0.05, 0.1) is 22.4 Å². The van der Waals surface area contributed by atoms with Crippen LogP contribution < -0.4 is 14.8 Å². The summed E-state index contributed by atoms with van der Waals surface area (Å²) in [5.74, 6) is 1.58. The average Bonchev–Trinajstić information content (AvgIpc) is 3.46. The summed E-state index contributed by atoms with van der Waals surface area (Å²) in [4.78, 5) is 13.5. The Morgan fingerprint density at radius 3 is 2.61 bits per heavy atom. The van der Waals surface area contributed by atoms with Gasteiger partial charge in [-0.15, -0.1) is 0 Å². The lowest BCUT2D eigenvalue weighted by atomic mass is 10.1. The summed E-state index contributed by atoms with van der Waals surface area (Å²) < 4.78 is 25.6. The van der Waals surface area contributed by atoms with Crippen molar-refractivity contribution in [2.45, 2.75) is 30.3 Å². The highest BCUT2D eigenvalue weighted by molar-refractivity contribution is 7.85. The highest BCUT2D eigenvalue weighted by Gasteiger charge is 2.45. The lowest BCUT2D eigenvalue weighted by Crippen LogP contribution is -2.23. The Hall–Kier alpha value is -2.88. The fraction of sp³-hybridized carbons (Fsp3) is 0.304. The number of aliphatic hydroxyl groups excluding tert-OH is 1. The zero-order chi connectivity index (χ0) is 23.6. The summed E-state index contributed by atoms with van der Waals surface area (Å²) in [5.41, 5.74) is -0.335. The van der Waals surface area contributed by atoms with Crippen molar-refractivity contribution >= 4 is 34.1 Å². The van der Waals surface area contributed by atoms with Crippen molar-refractivity contribution in [3.8, 4) is 17.2 Å². The number of amides is 1. The molecule has 174 valence electrons. The van der Waals surface area contributed by atoms with Crippen LogP contribution in [-0.2, 0) is 17.8 Å². The van der Waals surface area contributed by atoms with E-state index in [-0.39, 0.29) is 6.61 Å². The van der Waals surface area contributed by atoms with E-state index in [0.29, 0.717) is 44.3 Å². The highest BCUT2D eigenvalue weighted by Crippen LogP contribution is 2.41. The fourth-order valence-corrected chi connectivity index (χ4v) is 4.26. The topological polar surface area (TPSA) is 103 Å². The molecule has 33 heavy (non-hydrogen) atoms. The van der Waals surface area contributed by atoms with Crippen molar-refractivity contribution in [1.29, 1.82) is 0 Å². The summed E-state index contributed by atoms with van der Waals surface area (Å²) in [6, 6.07) is 11.4. The number of anilines is 1. The molecule has 1 fully saturated rings. The maximum absolute atomic E-state index is 12.9. The number of aryl methyl sites for hydroxylation is 1. The van der Waals surface area contributed by atoms with Crippen LogP contribution in [-0.4, -0.2) is 43.0 Å². The molecule has 0 saturated heterocycles. The molecule has 1 amide bonds. The maximum Gasteiger partial charge on any atom is 0.257 e. The van der Waals surface area contributed by atoms with Crippen LogP contribution in [0.25, 0.3) is 0 Å². The number of carbonyl (C=O) groups is 1. The fourth-order valence-electron chi connectivity index (χ4n) is 3.17. The van der Waals surface area contributed by atoms with Crippen molar-refractivity contribution in [2.24, 2.45) is 7.05 Å². The number of hydrogen-bond donors (Lipinski definition) is 2. The molecule has 2 N–H and O–H groups in total. The Bertz CT molecular complexity index is 1210. The van der Waals surface area contributed by atoms with E-state index < -0.39 is 22.3 Å². The first kappa shape index (κ1) is 23.3. The minimum Gasteiger partial charge on any atom is -0.485 e. The van der Waals surface area contributed by atoms with Crippen molar-refractivity contribution in [3.63, 3.8) is 0 Å². The molecule has 1 aliphatic carbocycles. The lowest BCUT2D eigenvalue weighted by Gasteiger charge is -2.17. The molecule has 4 rings (SSSR count). The number of rotatable bonds is 9. The van der Waals surface area contributed by atoms with Crippen molar-refractivity contribution in [1.82, 2.24) is 9.78 Å². The van der Waals surface area contributed by atoms with Gasteiger partial charge in [0.25, 0.3) is 5.91 Å². The van der Waals surface area contributed by atoms with Crippen molar-refractivity contribution < 1.29 is 23.6 Å². The Morgan fingerprint density at radius 2 is 2.00 bits per heavy atom. The van der Waals surface area contributed by atoms with Gasteiger partial charge in [-0.25, -0.2) is 0 Å². The Balaban J connectivity index is 1.63. The maximum atomic E-state index is 12.9. The molecule has 8 nitrogen and oxygen atoms in total. The molecule has 1 atom stereocenters. The van der Waals surface area contributed by atoms with Crippen LogP contribution in [0.3, 0.4) is 0 Å². The SMILES string of the molecule is CCS(=O)c1ccc(Oc2cc(OC3(CO)CC3)cc(C(=O)Nc3ccn(C)n3)c2)c(Cl)c1. The lowest BCUT2D eigenvalue weighted by molar-refractivity contribution is 0.0944. The van der Waals surface area contributed by atoms with E-state index in [2.05, 4.69) is 10.4 Å². The van der Waals surface area contributed by atoms with Gasteiger partial charge in [-0.3, -0.25) is 13.7 Å². The third kappa shape index (κ3) is 5.55. The van der Waals surface area contributed by atoms with Gasteiger partial charge in [0.2, 0.25) is 0 Å². The van der Waals surface area contributed by atoms with Gasteiger partial charge in [0.15, 0.2) is 5.82 Å². The van der Waals surface area contributed by atoms with E-state index in [9.17, 15) is 14.1 Å². The zero-order valence-electron chi connectivity index (χ0n) is 18.2. The predicted molar refractivity (Wildman–Crippen MR) is 126 cm³/mol. The average molecular weight is 490 g/mol. The van der Waals surface area contributed by atoms with E-state index in [1.165, 1.54) is 0 Å². The van der Waals surface area contributed by atoms with Crippen molar-refractivity contribution in [2.75, 3.05) is 17.7 Å². The second kappa shape index (κ2) is 9.54. The first-order valence-corrected chi connectivity index (χ1v) is 12.1.